The number of hydrogen-bond donors (Lipinski definition) is 1. The Kier molecular flexibility index (Phi) is 4.73. The number of hydrogen-bond acceptors (Lipinski definition) is 4. The van der Waals surface area contributed by atoms with Crippen LogP contribution in [-0.4, -0.2) is 61.4 Å². The van der Waals surface area contributed by atoms with Gasteiger partial charge in [-0.3, -0.25) is 9.69 Å². The van der Waals surface area contributed by atoms with Crippen LogP contribution < -0.4 is 0 Å². The second kappa shape index (κ2) is 6.23. The lowest BCUT2D eigenvalue weighted by Crippen LogP contribution is -2.49. The van der Waals surface area contributed by atoms with E-state index in [1.807, 2.05) is 0 Å². The van der Waals surface area contributed by atoms with Gasteiger partial charge in [0, 0.05) is 26.2 Å². The normalized spacial score (nSPS) is 17.6. The predicted molar refractivity (Wildman–Crippen MR) is 69.2 cm³/mol. The second-order valence-electron chi connectivity index (χ2n) is 4.75. The largest absolute Gasteiger partial charge is 0.480 e. The van der Waals surface area contributed by atoms with Gasteiger partial charge in [-0.25, -0.2) is 21.6 Å². The first-order valence-corrected chi connectivity index (χ1v) is 7.75. The second-order valence-corrected chi connectivity index (χ2v) is 6.65. The van der Waals surface area contributed by atoms with Crippen LogP contribution in [0.5, 0.6) is 0 Å². The van der Waals surface area contributed by atoms with Crippen molar-refractivity contribution in [2.45, 2.75) is 4.90 Å². The third kappa shape index (κ3) is 3.23. The third-order valence-electron chi connectivity index (χ3n) is 3.31. The molecule has 2 rings (SSSR count). The Morgan fingerprint density at radius 2 is 1.68 bits per heavy atom. The molecular formula is C12H13F3N2O4S. The highest BCUT2D eigenvalue weighted by Gasteiger charge is 2.32. The molecule has 0 unspecified atom stereocenters. The number of carboxylic acid groups (broad SMARTS) is 1. The molecule has 1 N–H and O–H groups in total. The Bertz CT molecular complexity index is 688. The molecule has 0 aliphatic carbocycles. The Morgan fingerprint density at radius 3 is 2.23 bits per heavy atom. The van der Waals surface area contributed by atoms with Crippen molar-refractivity contribution < 1.29 is 31.5 Å². The van der Waals surface area contributed by atoms with E-state index in [0.29, 0.717) is 12.1 Å². The monoisotopic (exact) mass is 338 g/mol. The molecule has 0 bridgehead atoms. The lowest BCUT2D eigenvalue weighted by Gasteiger charge is -2.33. The molecule has 1 aromatic carbocycles. The molecule has 0 saturated carbocycles. The molecule has 1 aliphatic rings. The van der Waals surface area contributed by atoms with Crippen molar-refractivity contribution in [2.24, 2.45) is 0 Å². The van der Waals surface area contributed by atoms with E-state index in [9.17, 15) is 26.4 Å². The van der Waals surface area contributed by atoms with Gasteiger partial charge in [-0.2, -0.15) is 4.31 Å². The minimum Gasteiger partial charge on any atom is -0.480 e. The van der Waals surface area contributed by atoms with Crippen LogP contribution in [0, 0.1) is 17.5 Å². The topological polar surface area (TPSA) is 77.9 Å². The summed E-state index contributed by atoms with van der Waals surface area (Å²) in [6, 6.07) is 1.22. The van der Waals surface area contributed by atoms with Crippen LogP contribution >= 0.6 is 0 Å². The number of rotatable bonds is 4. The smallest absolute Gasteiger partial charge is 0.317 e. The number of halogens is 3. The minimum absolute atomic E-state index is 0.0615. The molecular weight excluding hydrogens is 325 g/mol. The Balaban J connectivity index is 2.19. The summed E-state index contributed by atoms with van der Waals surface area (Å²) in [5.41, 5.74) is 0. The number of carboxylic acids is 1. The van der Waals surface area contributed by atoms with E-state index >= 15 is 0 Å². The number of nitrogens with zero attached hydrogens (tertiary/aromatic N) is 2. The van der Waals surface area contributed by atoms with Gasteiger partial charge in [0.1, 0.15) is 4.90 Å². The van der Waals surface area contributed by atoms with Gasteiger partial charge in [-0.15, -0.1) is 0 Å². The molecule has 0 aromatic heterocycles. The van der Waals surface area contributed by atoms with Crippen molar-refractivity contribution in [1.29, 1.82) is 0 Å². The highest BCUT2D eigenvalue weighted by atomic mass is 32.2. The summed E-state index contributed by atoms with van der Waals surface area (Å²) < 4.78 is 65.2. The van der Waals surface area contributed by atoms with Gasteiger partial charge in [-0.1, -0.05) is 0 Å². The van der Waals surface area contributed by atoms with Crippen molar-refractivity contribution >= 4 is 16.0 Å². The van der Waals surface area contributed by atoms with Crippen molar-refractivity contribution in [1.82, 2.24) is 9.21 Å². The maximum Gasteiger partial charge on any atom is 0.317 e. The summed E-state index contributed by atoms with van der Waals surface area (Å²) in [6.07, 6.45) is 0. The van der Waals surface area contributed by atoms with Crippen molar-refractivity contribution in [3.8, 4) is 0 Å². The lowest BCUT2D eigenvalue weighted by molar-refractivity contribution is -0.138. The minimum atomic E-state index is -4.31. The number of benzene rings is 1. The lowest BCUT2D eigenvalue weighted by atomic mass is 10.3. The van der Waals surface area contributed by atoms with Crippen LogP contribution in [0.25, 0.3) is 0 Å². The molecule has 6 nitrogen and oxygen atoms in total. The zero-order chi connectivity index (χ0) is 16.5. The van der Waals surface area contributed by atoms with E-state index in [1.165, 1.54) is 4.90 Å². The van der Waals surface area contributed by atoms with Crippen LogP contribution in [0.3, 0.4) is 0 Å². The number of piperazine rings is 1. The molecule has 1 heterocycles. The van der Waals surface area contributed by atoms with Gasteiger partial charge in [0.15, 0.2) is 17.5 Å². The first-order chi connectivity index (χ1) is 10.2. The van der Waals surface area contributed by atoms with E-state index in [4.69, 9.17) is 5.11 Å². The fourth-order valence-electron chi connectivity index (χ4n) is 2.17. The average molecular weight is 338 g/mol. The summed E-state index contributed by atoms with van der Waals surface area (Å²) in [5.74, 6) is -6.11. The number of sulfonamides is 1. The van der Waals surface area contributed by atoms with Gasteiger partial charge in [-0.05, 0) is 12.1 Å². The average Bonchev–Trinajstić information content (AvgIpc) is 2.44. The molecule has 1 fully saturated rings. The maximum absolute atomic E-state index is 13.7. The molecule has 122 valence electrons. The highest BCUT2D eigenvalue weighted by molar-refractivity contribution is 7.89. The van der Waals surface area contributed by atoms with Crippen molar-refractivity contribution in [3.05, 3.63) is 29.6 Å². The summed E-state index contributed by atoms with van der Waals surface area (Å²) in [5, 5.41) is 8.66. The summed E-state index contributed by atoms with van der Waals surface area (Å²) in [4.78, 5) is 11.2. The molecule has 1 saturated heterocycles. The van der Waals surface area contributed by atoms with E-state index in [2.05, 4.69) is 0 Å². The van der Waals surface area contributed by atoms with Crippen molar-refractivity contribution in [2.75, 3.05) is 32.7 Å². The highest BCUT2D eigenvalue weighted by Crippen LogP contribution is 2.23. The predicted octanol–water partition coefficient (Wildman–Crippen LogP) is 0.495. The number of carbonyl (C=O) groups is 1. The van der Waals surface area contributed by atoms with Gasteiger partial charge in [0.2, 0.25) is 10.0 Å². The standard InChI is InChI=1S/C12H13F3N2O4S/c13-8-1-2-9(12(15)11(8)14)22(20,21)17-5-3-16(4-6-17)7-10(18)19/h1-2H,3-7H2,(H,18,19). The summed E-state index contributed by atoms with van der Waals surface area (Å²) >= 11 is 0. The fourth-order valence-corrected chi connectivity index (χ4v) is 3.64. The van der Waals surface area contributed by atoms with E-state index in [-0.39, 0.29) is 32.7 Å². The Hall–Kier alpha value is -1.65. The molecule has 0 amide bonds. The van der Waals surface area contributed by atoms with Gasteiger partial charge < -0.3 is 5.11 Å². The zero-order valence-corrected chi connectivity index (χ0v) is 12.1. The van der Waals surface area contributed by atoms with E-state index in [1.54, 1.807) is 0 Å². The van der Waals surface area contributed by atoms with Crippen LogP contribution in [0.15, 0.2) is 17.0 Å². The molecule has 0 radical (unpaired) electrons. The summed E-state index contributed by atoms with van der Waals surface area (Å²) in [6.45, 7) is -0.0524. The SMILES string of the molecule is O=C(O)CN1CCN(S(=O)(=O)c2ccc(F)c(F)c2F)CC1. The Labute approximate surface area is 124 Å². The molecule has 0 atom stereocenters. The molecule has 0 spiro atoms. The Morgan fingerprint density at radius 1 is 1.09 bits per heavy atom. The van der Waals surface area contributed by atoms with E-state index < -0.39 is 38.3 Å². The van der Waals surface area contributed by atoms with Gasteiger partial charge >= 0.3 is 5.97 Å². The first kappa shape index (κ1) is 16.7. The zero-order valence-electron chi connectivity index (χ0n) is 11.3. The first-order valence-electron chi connectivity index (χ1n) is 6.31. The quantitative estimate of drug-likeness (QED) is 0.809. The van der Waals surface area contributed by atoms with Gasteiger partial charge in [0.25, 0.3) is 0 Å². The summed E-state index contributed by atoms with van der Waals surface area (Å²) in [7, 11) is -4.31. The molecule has 10 heteroatoms. The third-order valence-corrected chi connectivity index (χ3v) is 5.22. The number of aliphatic carboxylic acids is 1. The fraction of sp³-hybridized carbons (Fsp3) is 0.417. The van der Waals surface area contributed by atoms with E-state index in [0.717, 1.165) is 4.31 Å². The van der Waals surface area contributed by atoms with Crippen LogP contribution in [-0.2, 0) is 14.8 Å². The molecule has 1 aromatic rings. The van der Waals surface area contributed by atoms with Gasteiger partial charge in [0.05, 0.1) is 6.54 Å². The van der Waals surface area contributed by atoms with Crippen molar-refractivity contribution in [3.63, 3.8) is 0 Å². The molecule has 1 aliphatic heterocycles. The van der Waals surface area contributed by atoms with Crippen LogP contribution in [0.4, 0.5) is 13.2 Å². The van der Waals surface area contributed by atoms with Crippen LogP contribution in [0.2, 0.25) is 0 Å². The van der Waals surface area contributed by atoms with Crippen LogP contribution in [0.1, 0.15) is 0 Å². The molecule has 22 heavy (non-hydrogen) atoms. The maximum atomic E-state index is 13.7.